The summed E-state index contributed by atoms with van der Waals surface area (Å²) in [5.41, 5.74) is 6.28. The molecule has 0 heteroatoms. The molecule has 0 saturated heterocycles. The molecule has 0 aromatic carbocycles. The van der Waals surface area contributed by atoms with Crippen molar-refractivity contribution in [2.45, 2.75) is 12.8 Å². The highest BCUT2D eigenvalue weighted by molar-refractivity contribution is 5.65. The van der Waals surface area contributed by atoms with Crippen LogP contribution in [-0.2, 0) is 0 Å². The highest BCUT2D eigenvalue weighted by atomic mass is 14.3. The predicted molar refractivity (Wildman–Crippen MR) is 73.2 cm³/mol. The quantitative estimate of drug-likeness (QED) is 0.591. The normalized spacial score (nSPS) is 18.6. The van der Waals surface area contributed by atoms with E-state index in [-0.39, 0.29) is 0 Å². The molecular formula is C16H18. The SMILES string of the molecule is C=CC(=C)C/C(C=C)=C1\C(=C)CC(=C)C1=C. The Balaban J connectivity index is 3.17. The number of allylic oxidation sites excluding steroid dienone is 8. The molecule has 82 valence electrons. The monoisotopic (exact) mass is 210 g/mol. The zero-order chi connectivity index (χ0) is 12.3. The van der Waals surface area contributed by atoms with Crippen molar-refractivity contribution in [2.24, 2.45) is 0 Å². The summed E-state index contributed by atoms with van der Waals surface area (Å²) in [6, 6.07) is 0. The van der Waals surface area contributed by atoms with Crippen LogP contribution in [0.2, 0.25) is 0 Å². The molecule has 1 aliphatic carbocycles. The first-order valence-corrected chi connectivity index (χ1v) is 5.22. The second-order valence-corrected chi connectivity index (χ2v) is 4.01. The van der Waals surface area contributed by atoms with Gasteiger partial charge in [0.2, 0.25) is 0 Å². The average molecular weight is 210 g/mol. The number of rotatable bonds is 4. The maximum absolute atomic E-state index is 4.06. The lowest BCUT2D eigenvalue weighted by molar-refractivity contribution is 1.18. The lowest BCUT2D eigenvalue weighted by Gasteiger charge is -2.09. The molecule has 1 aliphatic rings. The summed E-state index contributed by atoms with van der Waals surface area (Å²) in [6.07, 6.45) is 5.16. The molecule has 1 fully saturated rings. The van der Waals surface area contributed by atoms with E-state index >= 15 is 0 Å². The van der Waals surface area contributed by atoms with Gasteiger partial charge in [-0.1, -0.05) is 57.2 Å². The molecule has 16 heavy (non-hydrogen) atoms. The van der Waals surface area contributed by atoms with Crippen LogP contribution in [-0.4, -0.2) is 0 Å². The van der Waals surface area contributed by atoms with E-state index in [4.69, 9.17) is 0 Å². The van der Waals surface area contributed by atoms with Gasteiger partial charge in [0.15, 0.2) is 0 Å². The van der Waals surface area contributed by atoms with Crippen molar-refractivity contribution >= 4 is 0 Å². The molecule has 0 heterocycles. The fourth-order valence-electron chi connectivity index (χ4n) is 1.84. The summed E-state index contributed by atoms with van der Waals surface area (Å²) in [5.74, 6) is 0. The van der Waals surface area contributed by atoms with Crippen molar-refractivity contribution in [3.8, 4) is 0 Å². The molecule has 0 spiro atoms. The Labute approximate surface area is 98.4 Å². The predicted octanol–water partition coefficient (Wildman–Crippen LogP) is 4.67. The van der Waals surface area contributed by atoms with E-state index in [1.54, 1.807) is 6.08 Å². The van der Waals surface area contributed by atoms with Crippen LogP contribution >= 0.6 is 0 Å². The average Bonchev–Trinajstić information content (AvgIpc) is 2.50. The molecule has 0 unspecified atom stereocenters. The zero-order valence-electron chi connectivity index (χ0n) is 9.81. The van der Waals surface area contributed by atoms with Crippen molar-refractivity contribution < 1.29 is 0 Å². The zero-order valence-corrected chi connectivity index (χ0v) is 9.81. The molecular weight excluding hydrogens is 192 g/mol. The second-order valence-electron chi connectivity index (χ2n) is 4.01. The van der Waals surface area contributed by atoms with Gasteiger partial charge in [0, 0.05) is 0 Å². The number of hydrogen-bond acceptors (Lipinski definition) is 0. The maximum Gasteiger partial charge on any atom is -0.00253 e. The van der Waals surface area contributed by atoms with Crippen molar-refractivity contribution in [2.75, 3.05) is 0 Å². The van der Waals surface area contributed by atoms with E-state index in [0.29, 0.717) is 0 Å². The molecule has 0 bridgehead atoms. The van der Waals surface area contributed by atoms with Gasteiger partial charge in [-0.2, -0.15) is 0 Å². The van der Waals surface area contributed by atoms with Crippen LogP contribution in [0.4, 0.5) is 0 Å². The summed E-state index contributed by atoms with van der Waals surface area (Å²) in [7, 11) is 0. The van der Waals surface area contributed by atoms with Gasteiger partial charge in [-0.25, -0.2) is 0 Å². The van der Waals surface area contributed by atoms with E-state index in [2.05, 4.69) is 39.5 Å². The van der Waals surface area contributed by atoms with Crippen LogP contribution in [0.25, 0.3) is 0 Å². The van der Waals surface area contributed by atoms with E-state index in [0.717, 1.165) is 46.3 Å². The van der Waals surface area contributed by atoms with Crippen LogP contribution in [0.5, 0.6) is 0 Å². The largest absolute Gasteiger partial charge is 0.0988 e. The lowest BCUT2D eigenvalue weighted by Crippen LogP contribution is -1.90. The van der Waals surface area contributed by atoms with E-state index in [1.165, 1.54) is 0 Å². The summed E-state index contributed by atoms with van der Waals surface area (Å²) < 4.78 is 0. The molecule has 1 rings (SSSR count). The summed E-state index contributed by atoms with van der Waals surface area (Å²) in [5, 5.41) is 0. The van der Waals surface area contributed by atoms with Gasteiger partial charge in [-0.15, -0.1) is 0 Å². The fraction of sp³-hybridized carbons (Fsp3) is 0.125. The van der Waals surface area contributed by atoms with E-state index < -0.39 is 0 Å². The first-order valence-electron chi connectivity index (χ1n) is 5.22. The molecule has 1 saturated carbocycles. The Bertz CT molecular complexity index is 439. The third-order valence-corrected chi connectivity index (χ3v) is 2.78. The first kappa shape index (κ1) is 12.3. The second kappa shape index (κ2) is 4.80. The Kier molecular flexibility index (Phi) is 3.68. The van der Waals surface area contributed by atoms with E-state index in [1.807, 2.05) is 6.08 Å². The minimum absolute atomic E-state index is 0.744. The highest BCUT2D eigenvalue weighted by Gasteiger charge is 2.21. The summed E-state index contributed by atoms with van der Waals surface area (Å²) in [6.45, 7) is 23.6. The Hall–Kier alpha value is -1.82. The van der Waals surface area contributed by atoms with Gasteiger partial charge in [-0.05, 0) is 40.7 Å². The highest BCUT2D eigenvalue weighted by Crippen LogP contribution is 2.40. The Morgan fingerprint density at radius 1 is 1.06 bits per heavy atom. The van der Waals surface area contributed by atoms with Crippen LogP contribution in [0.1, 0.15) is 12.8 Å². The van der Waals surface area contributed by atoms with Gasteiger partial charge in [0.05, 0.1) is 0 Å². The van der Waals surface area contributed by atoms with Crippen molar-refractivity contribution in [3.63, 3.8) is 0 Å². The van der Waals surface area contributed by atoms with Gasteiger partial charge >= 0.3 is 0 Å². The van der Waals surface area contributed by atoms with Crippen LogP contribution in [0.15, 0.2) is 85.1 Å². The van der Waals surface area contributed by atoms with Crippen LogP contribution in [0.3, 0.4) is 0 Å². The fourth-order valence-corrected chi connectivity index (χ4v) is 1.84. The Morgan fingerprint density at radius 3 is 2.06 bits per heavy atom. The van der Waals surface area contributed by atoms with Crippen molar-refractivity contribution in [1.29, 1.82) is 0 Å². The Morgan fingerprint density at radius 2 is 1.69 bits per heavy atom. The van der Waals surface area contributed by atoms with Gasteiger partial charge in [-0.3, -0.25) is 0 Å². The third kappa shape index (κ3) is 2.22. The van der Waals surface area contributed by atoms with Crippen molar-refractivity contribution in [1.82, 2.24) is 0 Å². The molecule has 0 aromatic rings. The first-order chi connectivity index (χ1) is 7.51. The molecule has 0 aromatic heterocycles. The number of hydrogen-bond donors (Lipinski definition) is 0. The van der Waals surface area contributed by atoms with E-state index in [9.17, 15) is 0 Å². The van der Waals surface area contributed by atoms with Gasteiger partial charge < -0.3 is 0 Å². The van der Waals surface area contributed by atoms with Crippen LogP contribution < -0.4 is 0 Å². The van der Waals surface area contributed by atoms with Gasteiger partial charge in [0.1, 0.15) is 0 Å². The maximum atomic E-state index is 4.06. The molecule has 0 N–H and O–H groups in total. The van der Waals surface area contributed by atoms with Crippen LogP contribution in [0, 0.1) is 0 Å². The minimum Gasteiger partial charge on any atom is -0.0988 e. The topological polar surface area (TPSA) is 0 Å². The standard InChI is InChI=1S/C16H18/c1-7-11(3)9-15(8-2)16-13(5)10-12(4)14(16)6/h7-8H,1-6,9-10H2/b16-15+. The molecule has 0 nitrogen and oxygen atoms in total. The molecule has 0 atom stereocenters. The van der Waals surface area contributed by atoms with Gasteiger partial charge in [0.25, 0.3) is 0 Å². The smallest absolute Gasteiger partial charge is 0.00253 e. The molecule has 0 radical (unpaired) electrons. The molecule has 0 aliphatic heterocycles. The summed E-state index contributed by atoms with van der Waals surface area (Å²) in [4.78, 5) is 0. The minimum atomic E-state index is 0.744. The van der Waals surface area contributed by atoms with Crippen molar-refractivity contribution in [3.05, 3.63) is 85.1 Å². The summed E-state index contributed by atoms with van der Waals surface area (Å²) >= 11 is 0. The third-order valence-electron chi connectivity index (χ3n) is 2.78. The lowest BCUT2D eigenvalue weighted by atomic mass is 9.95. The molecule has 0 amide bonds.